The minimum absolute atomic E-state index is 0.121. The Labute approximate surface area is 136 Å². The van der Waals surface area contributed by atoms with Gasteiger partial charge in [0, 0.05) is 20.1 Å². The second-order valence-electron chi connectivity index (χ2n) is 6.54. The van der Waals surface area contributed by atoms with Crippen molar-refractivity contribution in [1.82, 2.24) is 14.7 Å². The van der Waals surface area contributed by atoms with Crippen molar-refractivity contribution in [3.05, 3.63) is 53.1 Å². The number of likely N-dealkylation sites (tertiary alicyclic amines) is 1. The average molecular weight is 317 g/mol. The van der Waals surface area contributed by atoms with Crippen molar-refractivity contribution >= 4 is 0 Å². The third-order valence-electron chi connectivity index (χ3n) is 4.89. The van der Waals surface area contributed by atoms with Crippen LogP contribution in [0.25, 0.3) is 0 Å². The minimum Gasteiger partial charge on any atom is -0.391 e. The molecule has 0 aliphatic carbocycles. The Morgan fingerprint density at radius 1 is 1.35 bits per heavy atom. The van der Waals surface area contributed by atoms with Crippen LogP contribution in [-0.4, -0.2) is 39.0 Å². The lowest BCUT2D eigenvalue weighted by atomic mass is 9.87. The van der Waals surface area contributed by atoms with E-state index in [1.807, 2.05) is 30.1 Å². The molecule has 5 heteroatoms. The number of aliphatic hydroxyl groups excluding tert-OH is 1. The summed E-state index contributed by atoms with van der Waals surface area (Å²) in [5.41, 5.74) is 3.06. The van der Waals surface area contributed by atoms with Gasteiger partial charge in [0.15, 0.2) is 0 Å². The number of β-amino-alcohol motifs (C(OH)–C–C–N with tert-alkyl or cyclic N) is 1. The summed E-state index contributed by atoms with van der Waals surface area (Å²) in [4.78, 5) is 2.26. The molecule has 2 aromatic rings. The molecule has 0 unspecified atom stereocenters. The second-order valence-corrected chi connectivity index (χ2v) is 6.54. The molecule has 1 fully saturated rings. The van der Waals surface area contributed by atoms with Crippen molar-refractivity contribution in [1.29, 1.82) is 0 Å². The van der Waals surface area contributed by atoms with E-state index in [2.05, 4.69) is 16.9 Å². The number of rotatable bonds is 4. The Bertz CT molecular complexity index is 651. The number of aliphatic hydroxyl groups is 1. The number of aryl methyl sites for hydroxylation is 2. The number of nitrogens with zero attached hydrogens (tertiary/aromatic N) is 3. The minimum atomic E-state index is -0.420. The summed E-state index contributed by atoms with van der Waals surface area (Å²) in [6.45, 7) is 4.40. The van der Waals surface area contributed by atoms with Gasteiger partial charge in [-0.2, -0.15) is 5.10 Å². The number of hydrogen-bond acceptors (Lipinski definition) is 3. The highest BCUT2D eigenvalue weighted by atomic mass is 19.1. The molecule has 124 valence electrons. The molecule has 3 rings (SSSR count). The molecule has 2 heterocycles. The zero-order chi connectivity index (χ0) is 16.4. The molecule has 23 heavy (non-hydrogen) atoms. The molecule has 1 aromatic heterocycles. The summed E-state index contributed by atoms with van der Waals surface area (Å²) >= 11 is 0. The smallest absolute Gasteiger partial charge is 0.126 e. The highest BCUT2D eigenvalue weighted by molar-refractivity contribution is 5.18. The normalized spacial score (nSPS) is 22.4. The summed E-state index contributed by atoms with van der Waals surface area (Å²) in [7, 11) is 1.95. The van der Waals surface area contributed by atoms with Gasteiger partial charge in [-0.25, -0.2) is 4.39 Å². The number of piperidine rings is 1. The van der Waals surface area contributed by atoms with Gasteiger partial charge in [0.05, 0.1) is 18.0 Å². The Morgan fingerprint density at radius 3 is 2.78 bits per heavy atom. The van der Waals surface area contributed by atoms with Crippen LogP contribution in [0, 0.1) is 18.7 Å². The number of hydrogen-bond donors (Lipinski definition) is 1. The van der Waals surface area contributed by atoms with Gasteiger partial charge in [-0.05, 0) is 49.4 Å². The zero-order valence-electron chi connectivity index (χ0n) is 13.7. The van der Waals surface area contributed by atoms with E-state index >= 15 is 0 Å². The summed E-state index contributed by atoms with van der Waals surface area (Å²) in [6.07, 6.45) is 2.94. The Balaban J connectivity index is 1.60. The topological polar surface area (TPSA) is 41.3 Å². The first kappa shape index (κ1) is 16.1. The first-order chi connectivity index (χ1) is 11.0. The quantitative estimate of drug-likeness (QED) is 0.941. The van der Waals surface area contributed by atoms with Crippen molar-refractivity contribution in [2.24, 2.45) is 13.0 Å². The first-order valence-corrected chi connectivity index (χ1v) is 8.16. The third-order valence-corrected chi connectivity index (χ3v) is 4.89. The van der Waals surface area contributed by atoms with E-state index in [1.165, 1.54) is 17.3 Å². The lowest BCUT2D eigenvalue weighted by molar-refractivity contribution is 0.0175. The fourth-order valence-corrected chi connectivity index (χ4v) is 3.39. The Morgan fingerprint density at radius 2 is 2.13 bits per heavy atom. The van der Waals surface area contributed by atoms with Crippen LogP contribution in [0.5, 0.6) is 0 Å². The van der Waals surface area contributed by atoms with E-state index in [1.54, 1.807) is 6.07 Å². The van der Waals surface area contributed by atoms with E-state index in [0.717, 1.165) is 19.5 Å². The van der Waals surface area contributed by atoms with Crippen molar-refractivity contribution in [2.45, 2.75) is 32.4 Å². The zero-order valence-corrected chi connectivity index (χ0v) is 13.7. The highest BCUT2D eigenvalue weighted by Gasteiger charge is 2.29. The summed E-state index contributed by atoms with van der Waals surface area (Å²) in [5.74, 6) is -0.0524. The van der Waals surface area contributed by atoms with Gasteiger partial charge >= 0.3 is 0 Å². The van der Waals surface area contributed by atoms with Gasteiger partial charge in [-0.1, -0.05) is 18.2 Å². The van der Waals surface area contributed by atoms with Gasteiger partial charge in [0.1, 0.15) is 5.82 Å². The fraction of sp³-hybridized carbons (Fsp3) is 0.500. The molecule has 1 aliphatic rings. The third kappa shape index (κ3) is 3.62. The monoisotopic (exact) mass is 317 g/mol. The molecule has 0 bridgehead atoms. The second kappa shape index (κ2) is 6.81. The van der Waals surface area contributed by atoms with E-state index < -0.39 is 6.10 Å². The molecule has 1 saturated heterocycles. The van der Waals surface area contributed by atoms with Crippen molar-refractivity contribution < 1.29 is 9.50 Å². The molecule has 0 saturated carbocycles. The molecular formula is C18H24FN3O. The van der Waals surface area contributed by atoms with Crippen LogP contribution in [0.3, 0.4) is 0 Å². The summed E-state index contributed by atoms with van der Waals surface area (Å²) in [5, 5.41) is 14.7. The van der Waals surface area contributed by atoms with Gasteiger partial charge in [0.2, 0.25) is 0 Å². The largest absolute Gasteiger partial charge is 0.391 e. The molecule has 1 N–H and O–H groups in total. The molecular weight excluding hydrogens is 293 g/mol. The maximum absolute atomic E-state index is 13.8. The van der Waals surface area contributed by atoms with E-state index in [4.69, 9.17) is 0 Å². The van der Waals surface area contributed by atoms with Gasteiger partial charge in [-0.15, -0.1) is 0 Å². The Hall–Kier alpha value is -1.72. The maximum atomic E-state index is 13.8. The van der Waals surface area contributed by atoms with Crippen LogP contribution in [-0.2, 0) is 20.0 Å². The number of halogens is 1. The van der Waals surface area contributed by atoms with Crippen molar-refractivity contribution in [3.8, 4) is 0 Å². The van der Waals surface area contributed by atoms with Crippen LogP contribution in [0.4, 0.5) is 4.39 Å². The predicted octanol–water partition coefficient (Wildman–Crippen LogP) is 2.29. The van der Waals surface area contributed by atoms with Gasteiger partial charge in [0.25, 0.3) is 0 Å². The van der Waals surface area contributed by atoms with Crippen molar-refractivity contribution in [3.63, 3.8) is 0 Å². The lowest BCUT2D eigenvalue weighted by Crippen LogP contribution is -2.44. The molecule has 4 nitrogen and oxygen atoms in total. The molecule has 2 atom stereocenters. The van der Waals surface area contributed by atoms with E-state index in [-0.39, 0.29) is 11.7 Å². The van der Waals surface area contributed by atoms with Gasteiger partial charge in [-0.3, -0.25) is 9.58 Å². The van der Waals surface area contributed by atoms with Crippen molar-refractivity contribution in [2.75, 3.05) is 13.1 Å². The van der Waals surface area contributed by atoms with Crippen LogP contribution >= 0.6 is 0 Å². The first-order valence-electron chi connectivity index (χ1n) is 8.16. The van der Waals surface area contributed by atoms with E-state index in [9.17, 15) is 9.50 Å². The van der Waals surface area contributed by atoms with E-state index in [0.29, 0.717) is 18.5 Å². The van der Waals surface area contributed by atoms with Crippen LogP contribution in [0.1, 0.15) is 23.2 Å². The van der Waals surface area contributed by atoms with Crippen LogP contribution < -0.4 is 0 Å². The lowest BCUT2D eigenvalue weighted by Gasteiger charge is -2.36. The average Bonchev–Trinajstić information content (AvgIpc) is 2.84. The standard InChI is InChI=1S/C18H24FN3O/c1-13-10-20-21(2)17(13)11-22-8-7-15(18(23)12-22)9-14-5-3-4-6-16(14)19/h3-6,10,15,18,23H,7-9,11-12H2,1-2H3/t15-,18+/m1/s1. The predicted molar refractivity (Wildman–Crippen MR) is 87.4 cm³/mol. The summed E-state index contributed by atoms with van der Waals surface area (Å²) < 4.78 is 15.7. The highest BCUT2D eigenvalue weighted by Crippen LogP contribution is 2.24. The fourth-order valence-electron chi connectivity index (χ4n) is 3.39. The molecule has 0 amide bonds. The molecule has 0 spiro atoms. The Kier molecular flexibility index (Phi) is 4.78. The molecule has 1 aliphatic heterocycles. The number of benzene rings is 1. The summed E-state index contributed by atoms with van der Waals surface area (Å²) in [6, 6.07) is 6.86. The maximum Gasteiger partial charge on any atom is 0.126 e. The molecule has 1 aromatic carbocycles. The van der Waals surface area contributed by atoms with Gasteiger partial charge < -0.3 is 5.11 Å². The van der Waals surface area contributed by atoms with Crippen LogP contribution in [0.2, 0.25) is 0 Å². The number of aromatic nitrogens is 2. The van der Waals surface area contributed by atoms with Crippen LogP contribution in [0.15, 0.2) is 30.5 Å². The molecule has 0 radical (unpaired) electrons. The SMILES string of the molecule is Cc1cnn(C)c1CN1CC[C@H](Cc2ccccc2F)[C@@H](O)C1.